The van der Waals surface area contributed by atoms with Gasteiger partial charge < -0.3 is 14.7 Å². The Bertz CT molecular complexity index is 737. The van der Waals surface area contributed by atoms with Crippen molar-refractivity contribution in [3.05, 3.63) is 41.9 Å². The lowest BCUT2D eigenvalue weighted by molar-refractivity contribution is -0.141. The Balaban J connectivity index is 1.59. The molecule has 3 rings (SSSR count). The number of amides is 2. The quantitative estimate of drug-likeness (QED) is 0.817. The molecule has 0 radical (unpaired) electrons. The summed E-state index contributed by atoms with van der Waals surface area (Å²) < 4.78 is 4.93. The van der Waals surface area contributed by atoms with Gasteiger partial charge in [0.25, 0.3) is 0 Å². The van der Waals surface area contributed by atoms with Crippen LogP contribution in [0.3, 0.4) is 0 Å². The Labute approximate surface area is 140 Å². The van der Waals surface area contributed by atoms with Crippen molar-refractivity contribution < 1.29 is 14.1 Å². The SMILES string of the molecule is Cc1cc(NC(=O)C2(C(=O)N(C)CCc3ccncc3)CC2)no1. The molecule has 0 aromatic carbocycles. The van der Waals surface area contributed by atoms with Gasteiger partial charge in [-0.2, -0.15) is 0 Å². The van der Waals surface area contributed by atoms with Gasteiger partial charge in [0, 0.05) is 32.1 Å². The highest BCUT2D eigenvalue weighted by Gasteiger charge is 2.57. The van der Waals surface area contributed by atoms with E-state index < -0.39 is 5.41 Å². The van der Waals surface area contributed by atoms with E-state index in [1.165, 1.54) is 0 Å². The van der Waals surface area contributed by atoms with Crippen molar-refractivity contribution >= 4 is 17.6 Å². The number of hydrogen-bond donors (Lipinski definition) is 1. The number of likely N-dealkylation sites (N-methyl/N-ethyl adjacent to an activating group) is 1. The predicted molar refractivity (Wildman–Crippen MR) is 87.1 cm³/mol. The smallest absolute Gasteiger partial charge is 0.241 e. The van der Waals surface area contributed by atoms with Crippen molar-refractivity contribution in [2.24, 2.45) is 5.41 Å². The fourth-order valence-corrected chi connectivity index (χ4v) is 2.64. The van der Waals surface area contributed by atoms with Gasteiger partial charge in [-0.3, -0.25) is 14.6 Å². The molecule has 7 nitrogen and oxygen atoms in total. The van der Waals surface area contributed by atoms with E-state index in [-0.39, 0.29) is 11.8 Å². The van der Waals surface area contributed by atoms with Gasteiger partial charge in [0.15, 0.2) is 5.82 Å². The Morgan fingerprint density at radius 1 is 1.33 bits per heavy atom. The molecule has 2 heterocycles. The average Bonchev–Trinajstić information content (AvgIpc) is 3.31. The molecule has 1 fully saturated rings. The van der Waals surface area contributed by atoms with Crippen LogP contribution in [0.2, 0.25) is 0 Å². The summed E-state index contributed by atoms with van der Waals surface area (Å²) >= 11 is 0. The van der Waals surface area contributed by atoms with Crippen LogP contribution in [0.5, 0.6) is 0 Å². The maximum Gasteiger partial charge on any atom is 0.241 e. The number of carbonyl (C=O) groups excluding carboxylic acids is 2. The lowest BCUT2D eigenvalue weighted by Gasteiger charge is -2.22. The molecule has 1 N–H and O–H groups in total. The summed E-state index contributed by atoms with van der Waals surface area (Å²) in [5, 5.41) is 6.41. The Hall–Kier alpha value is -2.70. The predicted octanol–water partition coefficient (Wildman–Crippen LogP) is 1.80. The third-order valence-electron chi connectivity index (χ3n) is 4.30. The minimum atomic E-state index is -0.958. The monoisotopic (exact) mass is 328 g/mol. The number of carbonyl (C=O) groups is 2. The molecule has 0 bridgehead atoms. The van der Waals surface area contributed by atoms with Crippen molar-refractivity contribution in [3.63, 3.8) is 0 Å². The zero-order valence-electron chi connectivity index (χ0n) is 13.8. The number of rotatable bonds is 6. The molecule has 0 spiro atoms. The number of pyridine rings is 1. The first kappa shape index (κ1) is 16.2. The van der Waals surface area contributed by atoms with Crippen LogP contribution in [0.25, 0.3) is 0 Å². The van der Waals surface area contributed by atoms with E-state index in [0.717, 1.165) is 12.0 Å². The number of hydrogen-bond acceptors (Lipinski definition) is 5. The maximum absolute atomic E-state index is 12.7. The molecule has 0 unspecified atom stereocenters. The maximum atomic E-state index is 12.7. The Kier molecular flexibility index (Phi) is 4.33. The molecule has 0 aliphatic heterocycles. The van der Waals surface area contributed by atoms with Gasteiger partial charge in [0.2, 0.25) is 11.8 Å². The van der Waals surface area contributed by atoms with Gasteiger partial charge in [0.05, 0.1) is 0 Å². The van der Waals surface area contributed by atoms with Crippen LogP contribution in [0.4, 0.5) is 5.82 Å². The third kappa shape index (κ3) is 3.29. The minimum Gasteiger partial charge on any atom is -0.360 e. The molecule has 2 aromatic heterocycles. The third-order valence-corrected chi connectivity index (χ3v) is 4.30. The zero-order chi connectivity index (χ0) is 17.2. The number of nitrogens with zero attached hydrogens (tertiary/aromatic N) is 3. The fourth-order valence-electron chi connectivity index (χ4n) is 2.64. The lowest BCUT2D eigenvalue weighted by atomic mass is 10.0. The van der Waals surface area contributed by atoms with Gasteiger partial charge in [-0.1, -0.05) is 5.16 Å². The molecule has 1 aliphatic rings. The molecular weight excluding hydrogens is 308 g/mol. The van der Waals surface area contributed by atoms with Crippen molar-refractivity contribution in [2.45, 2.75) is 26.2 Å². The van der Waals surface area contributed by atoms with E-state index in [4.69, 9.17) is 4.52 Å². The first-order valence-corrected chi connectivity index (χ1v) is 7.90. The van der Waals surface area contributed by atoms with Gasteiger partial charge in [-0.15, -0.1) is 0 Å². The molecule has 2 aromatic rings. The van der Waals surface area contributed by atoms with Crippen molar-refractivity contribution in [3.8, 4) is 0 Å². The van der Waals surface area contributed by atoms with E-state index in [1.54, 1.807) is 37.3 Å². The lowest BCUT2D eigenvalue weighted by Crippen LogP contribution is -2.41. The summed E-state index contributed by atoms with van der Waals surface area (Å²) in [5.74, 6) is 0.498. The number of nitrogens with one attached hydrogen (secondary N) is 1. The molecule has 0 atom stereocenters. The number of aryl methyl sites for hydroxylation is 1. The molecule has 24 heavy (non-hydrogen) atoms. The first-order chi connectivity index (χ1) is 11.5. The van der Waals surface area contributed by atoms with Crippen LogP contribution in [0.15, 0.2) is 35.1 Å². The zero-order valence-corrected chi connectivity index (χ0v) is 13.8. The summed E-state index contributed by atoms with van der Waals surface area (Å²) in [4.78, 5) is 30.8. The summed E-state index contributed by atoms with van der Waals surface area (Å²) in [5.41, 5.74) is 0.150. The van der Waals surface area contributed by atoms with Gasteiger partial charge in [-0.05, 0) is 43.9 Å². The topological polar surface area (TPSA) is 88.3 Å². The van der Waals surface area contributed by atoms with Crippen LogP contribution in [0.1, 0.15) is 24.2 Å². The van der Waals surface area contributed by atoms with Crippen LogP contribution in [-0.2, 0) is 16.0 Å². The Morgan fingerprint density at radius 2 is 2.04 bits per heavy atom. The highest BCUT2D eigenvalue weighted by atomic mass is 16.5. The summed E-state index contributed by atoms with van der Waals surface area (Å²) in [6.45, 7) is 2.30. The molecule has 0 saturated heterocycles. The van der Waals surface area contributed by atoms with E-state index >= 15 is 0 Å². The van der Waals surface area contributed by atoms with Crippen LogP contribution < -0.4 is 5.32 Å². The van der Waals surface area contributed by atoms with Crippen molar-refractivity contribution in [1.82, 2.24) is 15.0 Å². The highest BCUT2D eigenvalue weighted by molar-refractivity contribution is 6.12. The van der Waals surface area contributed by atoms with E-state index in [0.29, 0.717) is 31.0 Å². The minimum absolute atomic E-state index is 0.144. The summed E-state index contributed by atoms with van der Waals surface area (Å²) in [7, 11) is 1.73. The second-order valence-electron chi connectivity index (χ2n) is 6.19. The van der Waals surface area contributed by atoms with Gasteiger partial charge >= 0.3 is 0 Å². The molecular formula is C17H20N4O3. The van der Waals surface area contributed by atoms with E-state index in [1.807, 2.05) is 12.1 Å². The van der Waals surface area contributed by atoms with Crippen molar-refractivity contribution in [2.75, 3.05) is 18.9 Å². The Morgan fingerprint density at radius 3 is 2.62 bits per heavy atom. The molecule has 126 valence electrons. The standard InChI is InChI=1S/C17H20N4O3/c1-12-11-14(20-24-12)19-15(22)17(6-7-17)16(23)21(2)10-5-13-3-8-18-9-4-13/h3-4,8-9,11H,5-7,10H2,1-2H3,(H,19,20,22). The molecule has 1 saturated carbocycles. The van der Waals surface area contributed by atoms with Gasteiger partial charge in [-0.25, -0.2) is 0 Å². The van der Waals surface area contributed by atoms with Crippen molar-refractivity contribution in [1.29, 1.82) is 0 Å². The van der Waals surface area contributed by atoms with Crippen LogP contribution in [-0.4, -0.2) is 40.4 Å². The molecule has 2 amide bonds. The average molecular weight is 328 g/mol. The summed E-state index contributed by atoms with van der Waals surface area (Å²) in [6.07, 6.45) is 5.31. The second-order valence-corrected chi connectivity index (χ2v) is 6.19. The van der Waals surface area contributed by atoms with Gasteiger partial charge in [0.1, 0.15) is 11.2 Å². The summed E-state index contributed by atoms with van der Waals surface area (Å²) in [6, 6.07) is 5.47. The molecule has 7 heteroatoms. The van der Waals surface area contributed by atoms with E-state index in [2.05, 4.69) is 15.5 Å². The van der Waals surface area contributed by atoms with Crippen LogP contribution >= 0.6 is 0 Å². The normalized spacial score (nSPS) is 14.9. The highest BCUT2D eigenvalue weighted by Crippen LogP contribution is 2.48. The number of aromatic nitrogens is 2. The number of anilines is 1. The van der Waals surface area contributed by atoms with E-state index in [9.17, 15) is 9.59 Å². The molecule has 1 aliphatic carbocycles. The van der Waals surface area contributed by atoms with Crippen LogP contribution in [0, 0.1) is 12.3 Å². The fraction of sp³-hybridized carbons (Fsp3) is 0.412. The second kappa shape index (κ2) is 6.43. The first-order valence-electron chi connectivity index (χ1n) is 7.90. The largest absolute Gasteiger partial charge is 0.360 e.